The Morgan fingerprint density at radius 2 is 1.81 bits per heavy atom. The molecule has 140 valence electrons. The molecule has 0 spiro atoms. The van der Waals surface area contributed by atoms with Gasteiger partial charge < -0.3 is 14.0 Å². The van der Waals surface area contributed by atoms with Crippen LogP contribution in [0.2, 0.25) is 0 Å². The smallest absolute Gasteiger partial charge is 0.412 e. The average Bonchev–Trinajstić information content (AvgIpc) is 2.92. The lowest BCUT2D eigenvalue weighted by Gasteiger charge is -2.21. The molecule has 0 fully saturated rings. The third kappa shape index (κ3) is 5.12. The van der Waals surface area contributed by atoms with E-state index in [1.807, 2.05) is 68.7 Å². The fraction of sp³-hybridized carbons (Fsp3) is 0.400. The van der Waals surface area contributed by atoms with E-state index in [2.05, 4.69) is 5.32 Å². The van der Waals surface area contributed by atoms with Crippen molar-refractivity contribution in [3.05, 3.63) is 42.1 Å². The second-order valence-electron chi connectivity index (χ2n) is 7.01. The molecule has 0 aliphatic carbocycles. The van der Waals surface area contributed by atoms with Crippen LogP contribution in [0, 0.1) is 6.92 Å². The van der Waals surface area contributed by atoms with Gasteiger partial charge in [0.15, 0.2) is 0 Å². The van der Waals surface area contributed by atoms with Gasteiger partial charge in [-0.15, -0.1) is 0 Å². The number of methoxy groups -OCH3 is 1. The van der Waals surface area contributed by atoms with Crippen LogP contribution in [0.3, 0.4) is 0 Å². The Labute approximate surface area is 154 Å². The molecule has 6 nitrogen and oxygen atoms in total. The molecule has 0 unspecified atom stereocenters. The highest BCUT2D eigenvalue weighted by molar-refractivity contribution is 5.91. The number of amides is 1. The molecule has 1 aromatic carbocycles. The second-order valence-corrected chi connectivity index (χ2v) is 7.01. The number of hydrogen-bond acceptors (Lipinski definition) is 4. The van der Waals surface area contributed by atoms with Crippen molar-refractivity contribution in [1.29, 1.82) is 0 Å². The maximum atomic E-state index is 12.2. The highest BCUT2D eigenvalue weighted by Crippen LogP contribution is 2.30. The number of nitrogens with zero attached hydrogens (tertiary/aromatic N) is 1. The van der Waals surface area contributed by atoms with Crippen LogP contribution < -0.4 is 5.32 Å². The van der Waals surface area contributed by atoms with Gasteiger partial charge in [-0.25, -0.2) is 4.79 Å². The fourth-order valence-corrected chi connectivity index (χ4v) is 2.64. The number of esters is 1. The Morgan fingerprint density at radius 3 is 2.46 bits per heavy atom. The minimum absolute atomic E-state index is 0.260. The van der Waals surface area contributed by atoms with Crippen LogP contribution in [0.25, 0.3) is 11.3 Å². The molecule has 0 saturated carbocycles. The Kier molecular flexibility index (Phi) is 6.08. The molecule has 0 aliphatic rings. The van der Waals surface area contributed by atoms with Gasteiger partial charge in [0, 0.05) is 17.8 Å². The van der Waals surface area contributed by atoms with E-state index in [1.165, 1.54) is 7.11 Å². The first-order valence-electron chi connectivity index (χ1n) is 8.53. The zero-order valence-corrected chi connectivity index (χ0v) is 16.0. The minimum Gasteiger partial charge on any atom is -0.469 e. The van der Waals surface area contributed by atoms with E-state index in [0.29, 0.717) is 12.2 Å². The van der Waals surface area contributed by atoms with Crippen LogP contribution in [0.1, 0.15) is 32.9 Å². The third-order valence-corrected chi connectivity index (χ3v) is 3.80. The summed E-state index contributed by atoms with van der Waals surface area (Å²) in [5, 5.41) is 2.81. The number of anilines is 1. The number of para-hydroxylation sites is 1. The van der Waals surface area contributed by atoms with E-state index in [1.54, 1.807) is 0 Å². The van der Waals surface area contributed by atoms with Crippen molar-refractivity contribution in [2.24, 2.45) is 0 Å². The molecule has 2 aromatic rings. The largest absolute Gasteiger partial charge is 0.469 e. The number of ether oxygens (including phenoxy) is 2. The Bertz CT molecular complexity index is 787. The minimum atomic E-state index is -0.573. The topological polar surface area (TPSA) is 69.6 Å². The summed E-state index contributed by atoms with van der Waals surface area (Å²) in [6, 6.07) is 11.5. The third-order valence-electron chi connectivity index (χ3n) is 3.80. The lowest BCUT2D eigenvalue weighted by atomic mass is 10.1. The molecule has 0 aliphatic heterocycles. The van der Waals surface area contributed by atoms with Crippen molar-refractivity contribution < 1.29 is 19.1 Å². The molecular formula is C20H26N2O4. The van der Waals surface area contributed by atoms with Crippen LogP contribution in [-0.4, -0.2) is 29.3 Å². The van der Waals surface area contributed by atoms with Crippen LogP contribution in [-0.2, 0) is 20.8 Å². The summed E-state index contributed by atoms with van der Waals surface area (Å²) in [6.07, 6.45) is -0.227. The van der Waals surface area contributed by atoms with E-state index < -0.39 is 11.7 Å². The van der Waals surface area contributed by atoms with Crippen molar-refractivity contribution in [3.8, 4) is 11.3 Å². The Balaban J connectivity index is 2.30. The highest BCUT2D eigenvalue weighted by atomic mass is 16.6. The van der Waals surface area contributed by atoms with Crippen molar-refractivity contribution in [3.63, 3.8) is 0 Å². The zero-order valence-electron chi connectivity index (χ0n) is 16.0. The normalized spacial score (nSPS) is 11.1. The number of hydrogen-bond donors (Lipinski definition) is 1. The van der Waals surface area contributed by atoms with Gasteiger partial charge in [-0.3, -0.25) is 10.1 Å². The molecule has 0 radical (unpaired) electrons. The Hall–Kier alpha value is -2.76. The number of aryl methyl sites for hydroxylation is 1. The van der Waals surface area contributed by atoms with Crippen LogP contribution >= 0.6 is 0 Å². The first kappa shape index (κ1) is 19.6. The summed E-state index contributed by atoms with van der Waals surface area (Å²) < 4.78 is 12.1. The van der Waals surface area contributed by atoms with Crippen molar-refractivity contribution in [1.82, 2.24) is 4.57 Å². The molecule has 1 N–H and O–H groups in total. The number of carbonyl (C=O) groups is 2. The monoisotopic (exact) mass is 358 g/mol. The summed E-state index contributed by atoms with van der Waals surface area (Å²) in [6.45, 7) is 7.94. The molecule has 0 bridgehead atoms. The molecule has 26 heavy (non-hydrogen) atoms. The molecule has 0 saturated heterocycles. The lowest BCUT2D eigenvalue weighted by molar-refractivity contribution is -0.140. The number of nitrogens with one attached hydrogen (secondary N) is 1. The first-order valence-corrected chi connectivity index (χ1v) is 8.53. The van der Waals surface area contributed by atoms with E-state index in [0.717, 1.165) is 17.0 Å². The summed E-state index contributed by atoms with van der Waals surface area (Å²) in [5.74, 6) is -0.260. The van der Waals surface area contributed by atoms with Gasteiger partial charge in [0.25, 0.3) is 0 Å². The standard InChI is InChI=1S/C20H26N2O4/c1-14-10-11-17(22(14)13-12-18(23)25-5)15-8-6-7-9-16(15)21-19(24)26-20(2,3)4/h6-11H,12-13H2,1-5H3,(H,21,24). The quantitative estimate of drug-likeness (QED) is 0.806. The van der Waals surface area contributed by atoms with Crippen molar-refractivity contribution >= 4 is 17.7 Å². The summed E-state index contributed by atoms with van der Waals surface area (Å²) in [5.41, 5.74) is 2.88. The predicted molar refractivity (Wildman–Crippen MR) is 101 cm³/mol. The maximum Gasteiger partial charge on any atom is 0.412 e. The van der Waals surface area contributed by atoms with Gasteiger partial charge in [0.2, 0.25) is 0 Å². The Morgan fingerprint density at radius 1 is 1.12 bits per heavy atom. The van der Waals surface area contributed by atoms with Gasteiger partial charge >= 0.3 is 12.1 Å². The zero-order chi connectivity index (χ0) is 19.3. The van der Waals surface area contributed by atoms with E-state index >= 15 is 0 Å². The molecular weight excluding hydrogens is 332 g/mol. The first-order chi connectivity index (χ1) is 12.2. The maximum absolute atomic E-state index is 12.2. The number of aromatic nitrogens is 1. The number of rotatable bonds is 5. The van der Waals surface area contributed by atoms with Crippen molar-refractivity contribution in [2.45, 2.75) is 46.3 Å². The molecule has 1 heterocycles. The van der Waals surface area contributed by atoms with E-state index in [4.69, 9.17) is 9.47 Å². The SMILES string of the molecule is COC(=O)CCn1c(C)ccc1-c1ccccc1NC(=O)OC(C)(C)C. The second kappa shape index (κ2) is 8.08. The van der Waals surface area contributed by atoms with E-state index in [9.17, 15) is 9.59 Å². The van der Waals surface area contributed by atoms with Crippen LogP contribution in [0.5, 0.6) is 0 Å². The predicted octanol–water partition coefficient (Wildman–Crippen LogP) is 4.37. The molecule has 6 heteroatoms. The molecule has 1 amide bonds. The lowest BCUT2D eigenvalue weighted by Crippen LogP contribution is -2.27. The number of benzene rings is 1. The van der Waals surface area contributed by atoms with Gasteiger partial charge in [0.05, 0.1) is 24.9 Å². The van der Waals surface area contributed by atoms with Gasteiger partial charge in [0.1, 0.15) is 5.60 Å². The van der Waals surface area contributed by atoms with Crippen LogP contribution in [0.4, 0.5) is 10.5 Å². The van der Waals surface area contributed by atoms with Crippen molar-refractivity contribution in [2.75, 3.05) is 12.4 Å². The molecule has 0 atom stereocenters. The summed E-state index contributed by atoms with van der Waals surface area (Å²) in [7, 11) is 1.38. The van der Waals surface area contributed by atoms with Gasteiger partial charge in [-0.1, -0.05) is 18.2 Å². The number of carbonyl (C=O) groups excluding carboxylic acids is 2. The highest BCUT2D eigenvalue weighted by Gasteiger charge is 2.18. The molecule has 2 rings (SSSR count). The summed E-state index contributed by atoms with van der Waals surface area (Å²) >= 11 is 0. The van der Waals surface area contributed by atoms with E-state index in [-0.39, 0.29) is 12.4 Å². The fourth-order valence-electron chi connectivity index (χ4n) is 2.64. The average molecular weight is 358 g/mol. The van der Waals surface area contributed by atoms with Crippen LogP contribution in [0.15, 0.2) is 36.4 Å². The van der Waals surface area contributed by atoms with Gasteiger partial charge in [-0.2, -0.15) is 0 Å². The summed E-state index contributed by atoms with van der Waals surface area (Å²) in [4.78, 5) is 23.7. The molecule has 1 aromatic heterocycles. The van der Waals surface area contributed by atoms with Gasteiger partial charge in [-0.05, 0) is 45.9 Å².